The molecule has 98 valence electrons. The fraction of sp³-hybridized carbons (Fsp3) is 0.462. The third kappa shape index (κ3) is 3.19. The first-order chi connectivity index (χ1) is 8.68. The Morgan fingerprint density at radius 3 is 2.89 bits per heavy atom. The number of H-pyrrole nitrogens is 1. The van der Waals surface area contributed by atoms with Crippen LogP contribution >= 0.6 is 11.3 Å². The van der Waals surface area contributed by atoms with Gasteiger partial charge in [-0.05, 0) is 43.4 Å². The van der Waals surface area contributed by atoms with Crippen molar-refractivity contribution < 1.29 is 0 Å². The smallest absolute Gasteiger partial charge is 0.0535 e. The van der Waals surface area contributed by atoms with E-state index < -0.39 is 0 Å². The predicted molar refractivity (Wildman–Crippen MR) is 75.8 cm³/mol. The van der Waals surface area contributed by atoms with Crippen LogP contribution in [-0.4, -0.2) is 35.7 Å². The lowest BCUT2D eigenvalue weighted by atomic mass is 10.1. The van der Waals surface area contributed by atoms with Gasteiger partial charge in [0.1, 0.15) is 0 Å². The topological polar surface area (TPSA) is 44.0 Å². The number of rotatable bonds is 6. The quantitative estimate of drug-likeness (QED) is 0.840. The Labute approximate surface area is 112 Å². The number of aromatic amines is 1. The number of likely N-dealkylation sites (N-methyl/N-ethyl adjacent to an activating group) is 1. The van der Waals surface area contributed by atoms with E-state index >= 15 is 0 Å². The lowest BCUT2D eigenvalue weighted by molar-refractivity contribution is 0.289. The highest BCUT2D eigenvalue weighted by atomic mass is 32.1. The number of aromatic nitrogens is 2. The molecule has 0 radical (unpaired) electrons. The zero-order chi connectivity index (χ0) is 13.0. The van der Waals surface area contributed by atoms with Crippen LogP contribution in [0.1, 0.15) is 22.9 Å². The second-order valence-corrected chi connectivity index (χ2v) is 5.47. The molecule has 0 bridgehead atoms. The molecule has 0 amide bonds. The highest BCUT2D eigenvalue weighted by Crippen LogP contribution is 2.20. The molecular formula is C13H20N4S. The van der Waals surface area contributed by atoms with E-state index in [1.807, 2.05) is 13.1 Å². The third-order valence-electron chi connectivity index (χ3n) is 3.14. The van der Waals surface area contributed by atoms with E-state index in [1.165, 1.54) is 11.1 Å². The first-order valence-corrected chi connectivity index (χ1v) is 7.01. The number of aryl methyl sites for hydroxylation is 1. The largest absolute Gasteiger partial charge is 0.311 e. The molecule has 0 spiro atoms. The minimum Gasteiger partial charge on any atom is -0.311 e. The highest BCUT2D eigenvalue weighted by molar-refractivity contribution is 7.07. The zero-order valence-electron chi connectivity index (χ0n) is 11.1. The average molecular weight is 264 g/mol. The van der Waals surface area contributed by atoms with Gasteiger partial charge >= 0.3 is 0 Å². The first-order valence-electron chi connectivity index (χ1n) is 6.06. The van der Waals surface area contributed by atoms with Gasteiger partial charge in [-0.25, -0.2) is 0 Å². The lowest BCUT2D eigenvalue weighted by Gasteiger charge is -2.24. The minimum atomic E-state index is 0.420. The Morgan fingerprint density at radius 2 is 2.33 bits per heavy atom. The van der Waals surface area contributed by atoms with Gasteiger partial charge in [-0.15, -0.1) is 0 Å². The Hall–Kier alpha value is -1.17. The second kappa shape index (κ2) is 6.13. The van der Waals surface area contributed by atoms with Gasteiger partial charge in [0.2, 0.25) is 0 Å². The van der Waals surface area contributed by atoms with E-state index in [4.69, 9.17) is 0 Å². The van der Waals surface area contributed by atoms with Crippen molar-refractivity contribution in [3.05, 3.63) is 39.8 Å². The molecular weight excluding hydrogens is 244 g/mol. The number of hydrogen-bond donors (Lipinski definition) is 2. The molecule has 0 unspecified atom stereocenters. The van der Waals surface area contributed by atoms with Gasteiger partial charge in [-0.1, -0.05) is 0 Å². The van der Waals surface area contributed by atoms with Crippen LogP contribution in [0.5, 0.6) is 0 Å². The van der Waals surface area contributed by atoms with Crippen LogP contribution in [0.2, 0.25) is 0 Å². The zero-order valence-corrected chi connectivity index (χ0v) is 11.9. The maximum atomic E-state index is 4.03. The summed E-state index contributed by atoms with van der Waals surface area (Å²) in [6, 6.07) is 2.61. The highest BCUT2D eigenvalue weighted by Gasteiger charge is 2.14. The monoisotopic (exact) mass is 264 g/mol. The summed E-state index contributed by atoms with van der Waals surface area (Å²) in [7, 11) is 4.24. The summed E-state index contributed by atoms with van der Waals surface area (Å²) in [4.78, 5) is 2.25. The Balaban J connectivity index is 1.89. The van der Waals surface area contributed by atoms with Crippen molar-refractivity contribution in [2.75, 3.05) is 20.6 Å². The van der Waals surface area contributed by atoms with Crippen molar-refractivity contribution in [3.8, 4) is 0 Å². The minimum absolute atomic E-state index is 0.420. The van der Waals surface area contributed by atoms with Gasteiger partial charge in [0.05, 0.1) is 6.20 Å². The normalized spacial score (nSPS) is 13.1. The number of hydrogen-bond acceptors (Lipinski definition) is 4. The molecule has 1 atom stereocenters. The van der Waals surface area contributed by atoms with Crippen LogP contribution in [0.25, 0.3) is 0 Å². The van der Waals surface area contributed by atoms with Gasteiger partial charge < -0.3 is 10.2 Å². The summed E-state index contributed by atoms with van der Waals surface area (Å²) in [6.45, 7) is 3.84. The van der Waals surface area contributed by atoms with Crippen LogP contribution in [-0.2, 0) is 6.54 Å². The van der Waals surface area contributed by atoms with Crippen molar-refractivity contribution in [1.29, 1.82) is 0 Å². The Bertz CT molecular complexity index is 461. The van der Waals surface area contributed by atoms with Crippen molar-refractivity contribution in [2.45, 2.75) is 19.5 Å². The number of nitrogens with one attached hydrogen (secondary N) is 2. The van der Waals surface area contributed by atoms with E-state index in [-0.39, 0.29) is 0 Å². The van der Waals surface area contributed by atoms with Crippen molar-refractivity contribution in [2.24, 2.45) is 0 Å². The number of thiophene rings is 1. The molecule has 2 N–H and O–H groups in total. The summed E-state index contributed by atoms with van der Waals surface area (Å²) in [6.07, 6.45) is 1.89. The molecule has 2 aromatic rings. The van der Waals surface area contributed by atoms with Gasteiger partial charge in [0, 0.05) is 30.4 Å². The standard InChI is InChI=1S/C13H20N4S/c1-10-12(7-15-16-10)6-14-8-13(17(2)3)11-4-5-18-9-11/h4-5,7,9,13-14H,6,8H2,1-3H3,(H,15,16)/t13-/m1/s1. The van der Waals surface area contributed by atoms with Gasteiger partial charge in [-0.2, -0.15) is 16.4 Å². The predicted octanol–water partition coefficient (Wildman–Crippen LogP) is 2.17. The van der Waals surface area contributed by atoms with E-state index in [9.17, 15) is 0 Å². The van der Waals surface area contributed by atoms with Gasteiger partial charge in [0.25, 0.3) is 0 Å². The molecule has 0 aliphatic heterocycles. The summed E-state index contributed by atoms with van der Waals surface area (Å²) >= 11 is 1.75. The molecule has 0 saturated heterocycles. The Kier molecular flexibility index (Phi) is 4.52. The molecule has 4 nitrogen and oxygen atoms in total. The third-order valence-corrected chi connectivity index (χ3v) is 3.84. The van der Waals surface area contributed by atoms with Crippen molar-refractivity contribution >= 4 is 11.3 Å². The lowest BCUT2D eigenvalue weighted by Crippen LogP contribution is -2.30. The Morgan fingerprint density at radius 1 is 1.50 bits per heavy atom. The van der Waals surface area contributed by atoms with E-state index in [0.717, 1.165) is 18.8 Å². The summed E-state index contributed by atoms with van der Waals surface area (Å²) < 4.78 is 0. The molecule has 0 aliphatic carbocycles. The molecule has 0 fully saturated rings. The molecule has 0 saturated carbocycles. The average Bonchev–Trinajstić information content (AvgIpc) is 2.96. The summed E-state index contributed by atoms with van der Waals surface area (Å²) in [5.74, 6) is 0. The van der Waals surface area contributed by atoms with Crippen molar-refractivity contribution in [3.63, 3.8) is 0 Å². The van der Waals surface area contributed by atoms with Crippen LogP contribution < -0.4 is 5.32 Å². The van der Waals surface area contributed by atoms with E-state index in [2.05, 4.69) is 51.3 Å². The summed E-state index contributed by atoms with van der Waals surface area (Å²) in [5.41, 5.74) is 3.75. The maximum absolute atomic E-state index is 4.03. The molecule has 0 aromatic carbocycles. The van der Waals surface area contributed by atoms with E-state index in [1.54, 1.807) is 11.3 Å². The van der Waals surface area contributed by atoms with Crippen LogP contribution in [0.15, 0.2) is 23.0 Å². The molecule has 18 heavy (non-hydrogen) atoms. The molecule has 5 heteroatoms. The molecule has 2 heterocycles. The maximum Gasteiger partial charge on any atom is 0.0535 e. The fourth-order valence-corrected chi connectivity index (χ4v) is 2.67. The summed E-state index contributed by atoms with van der Waals surface area (Å²) in [5, 5.41) is 14.8. The molecule has 0 aliphatic rings. The van der Waals surface area contributed by atoms with Gasteiger partial charge in [0.15, 0.2) is 0 Å². The SMILES string of the molecule is Cc1[nH]ncc1CNC[C@H](c1ccsc1)N(C)C. The first kappa shape index (κ1) is 13.3. The van der Waals surface area contributed by atoms with Crippen LogP contribution in [0.3, 0.4) is 0 Å². The molecule has 2 aromatic heterocycles. The van der Waals surface area contributed by atoms with Gasteiger partial charge in [-0.3, -0.25) is 5.10 Å². The van der Waals surface area contributed by atoms with E-state index in [0.29, 0.717) is 6.04 Å². The van der Waals surface area contributed by atoms with Crippen molar-refractivity contribution in [1.82, 2.24) is 20.4 Å². The van der Waals surface area contributed by atoms with Crippen LogP contribution in [0.4, 0.5) is 0 Å². The number of nitrogens with zero attached hydrogens (tertiary/aromatic N) is 2. The second-order valence-electron chi connectivity index (χ2n) is 4.69. The fourth-order valence-electron chi connectivity index (χ4n) is 1.96. The van der Waals surface area contributed by atoms with Crippen LogP contribution in [0, 0.1) is 6.92 Å². The molecule has 2 rings (SSSR count).